The molecule has 1 aliphatic rings. The van der Waals surface area contributed by atoms with E-state index in [1.165, 1.54) is 0 Å². The van der Waals surface area contributed by atoms with E-state index in [0.29, 0.717) is 32.6 Å². The molecule has 0 spiro atoms. The first-order valence-corrected chi connectivity index (χ1v) is 9.10. The van der Waals surface area contributed by atoms with Gasteiger partial charge in [0.05, 0.1) is 7.11 Å². The summed E-state index contributed by atoms with van der Waals surface area (Å²) in [4.78, 5) is 26.0. The lowest BCUT2D eigenvalue weighted by atomic mass is 10.1. The smallest absolute Gasteiger partial charge is 0.410 e. The van der Waals surface area contributed by atoms with E-state index in [2.05, 4.69) is 10.6 Å². The Balaban J connectivity index is 1.76. The van der Waals surface area contributed by atoms with Crippen LogP contribution in [0.25, 0.3) is 0 Å². The number of benzene rings is 1. The zero-order valence-corrected chi connectivity index (χ0v) is 15.8. The number of hydrogen-bond acceptors (Lipinski definition) is 5. The Morgan fingerprint density at radius 2 is 2.08 bits per heavy atom. The summed E-state index contributed by atoms with van der Waals surface area (Å²) in [6.45, 7) is 6.06. The Labute approximate surface area is 155 Å². The molecule has 0 radical (unpaired) electrons. The number of rotatable bonds is 7. The molecule has 1 saturated heterocycles. The molecule has 1 aromatic carbocycles. The SMILES string of the molecule is CCC(C)OC(=O)N1CCNC(CC(=O)NCc2ccc(OC)cc2)C1. The van der Waals surface area contributed by atoms with Crippen molar-refractivity contribution in [2.24, 2.45) is 0 Å². The topological polar surface area (TPSA) is 79.9 Å². The van der Waals surface area contributed by atoms with E-state index in [9.17, 15) is 9.59 Å². The van der Waals surface area contributed by atoms with Crippen LogP contribution in [0.3, 0.4) is 0 Å². The largest absolute Gasteiger partial charge is 0.497 e. The maximum atomic E-state index is 12.2. The van der Waals surface area contributed by atoms with E-state index in [-0.39, 0.29) is 24.1 Å². The molecule has 0 saturated carbocycles. The molecule has 1 aliphatic heterocycles. The van der Waals surface area contributed by atoms with Crippen molar-refractivity contribution in [3.8, 4) is 5.75 Å². The summed E-state index contributed by atoms with van der Waals surface area (Å²) in [5.41, 5.74) is 1.01. The quantitative estimate of drug-likeness (QED) is 0.774. The molecule has 2 atom stereocenters. The minimum Gasteiger partial charge on any atom is -0.497 e. The Morgan fingerprint density at radius 3 is 2.73 bits per heavy atom. The number of ether oxygens (including phenoxy) is 2. The number of carbonyl (C=O) groups is 2. The maximum Gasteiger partial charge on any atom is 0.410 e. The lowest BCUT2D eigenvalue weighted by molar-refractivity contribution is -0.122. The van der Waals surface area contributed by atoms with Crippen LogP contribution in [-0.4, -0.2) is 55.8 Å². The summed E-state index contributed by atoms with van der Waals surface area (Å²) in [6.07, 6.45) is 0.714. The molecule has 7 heteroatoms. The fourth-order valence-electron chi connectivity index (χ4n) is 2.70. The number of hydrogen-bond donors (Lipinski definition) is 2. The van der Waals surface area contributed by atoms with Crippen molar-refractivity contribution < 1.29 is 19.1 Å². The van der Waals surface area contributed by atoms with Gasteiger partial charge in [-0.25, -0.2) is 4.79 Å². The molecule has 2 rings (SSSR count). The van der Waals surface area contributed by atoms with E-state index >= 15 is 0 Å². The average molecular weight is 363 g/mol. The van der Waals surface area contributed by atoms with Crippen LogP contribution in [0.1, 0.15) is 32.3 Å². The van der Waals surface area contributed by atoms with E-state index in [4.69, 9.17) is 9.47 Å². The molecule has 0 aliphatic carbocycles. The van der Waals surface area contributed by atoms with Gasteiger partial charge in [0.15, 0.2) is 0 Å². The van der Waals surface area contributed by atoms with Gasteiger partial charge in [0, 0.05) is 38.6 Å². The van der Waals surface area contributed by atoms with Crippen molar-refractivity contribution in [3.63, 3.8) is 0 Å². The third kappa shape index (κ3) is 6.22. The van der Waals surface area contributed by atoms with Gasteiger partial charge in [0.25, 0.3) is 0 Å². The van der Waals surface area contributed by atoms with Gasteiger partial charge in [0.1, 0.15) is 11.9 Å². The molecule has 7 nitrogen and oxygen atoms in total. The van der Waals surface area contributed by atoms with Gasteiger partial charge in [-0.05, 0) is 31.0 Å². The van der Waals surface area contributed by atoms with Crippen molar-refractivity contribution in [1.82, 2.24) is 15.5 Å². The zero-order valence-electron chi connectivity index (χ0n) is 15.8. The number of carbonyl (C=O) groups excluding carboxylic acids is 2. The molecule has 144 valence electrons. The Kier molecular flexibility index (Phi) is 7.72. The monoisotopic (exact) mass is 363 g/mol. The number of amides is 2. The Hall–Kier alpha value is -2.28. The Bertz CT molecular complexity index is 591. The fourth-order valence-corrected chi connectivity index (χ4v) is 2.70. The van der Waals surface area contributed by atoms with Gasteiger partial charge >= 0.3 is 6.09 Å². The van der Waals surface area contributed by atoms with Crippen LogP contribution in [0.2, 0.25) is 0 Å². The minimum absolute atomic E-state index is 0.0459. The highest BCUT2D eigenvalue weighted by molar-refractivity contribution is 5.76. The highest BCUT2D eigenvalue weighted by Gasteiger charge is 2.26. The zero-order chi connectivity index (χ0) is 18.9. The Morgan fingerprint density at radius 1 is 1.35 bits per heavy atom. The second-order valence-corrected chi connectivity index (χ2v) is 6.53. The van der Waals surface area contributed by atoms with Crippen molar-refractivity contribution in [3.05, 3.63) is 29.8 Å². The predicted molar refractivity (Wildman–Crippen MR) is 99.1 cm³/mol. The van der Waals surface area contributed by atoms with Crippen molar-refractivity contribution >= 4 is 12.0 Å². The van der Waals surface area contributed by atoms with Gasteiger partial charge in [0.2, 0.25) is 5.91 Å². The van der Waals surface area contributed by atoms with E-state index in [0.717, 1.165) is 17.7 Å². The number of piperazine rings is 1. The van der Waals surface area contributed by atoms with E-state index < -0.39 is 0 Å². The molecular formula is C19H29N3O4. The fraction of sp³-hybridized carbons (Fsp3) is 0.579. The molecule has 1 aromatic rings. The highest BCUT2D eigenvalue weighted by Crippen LogP contribution is 2.11. The summed E-state index contributed by atoms with van der Waals surface area (Å²) in [7, 11) is 1.62. The van der Waals surface area contributed by atoms with Gasteiger partial charge in [-0.1, -0.05) is 19.1 Å². The predicted octanol–water partition coefficient (Wildman–Crippen LogP) is 1.91. The first-order valence-electron chi connectivity index (χ1n) is 9.10. The maximum absolute atomic E-state index is 12.2. The third-order valence-corrected chi connectivity index (χ3v) is 4.47. The van der Waals surface area contributed by atoms with Crippen LogP contribution >= 0.6 is 0 Å². The van der Waals surface area contributed by atoms with Crippen LogP contribution in [-0.2, 0) is 16.1 Å². The summed E-state index contributed by atoms with van der Waals surface area (Å²) < 4.78 is 10.5. The lowest BCUT2D eigenvalue weighted by Crippen LogP contribution is -2.54. The van der Waals surface area contributed by atoms with Gasteiger partial charge in [-0.3, -0.25) is 4.79 Å². The third-order valence-electron chi connectivity index (χ3n) is 4.47. The van der Waals surface area contributed by atoms with Crippen molar-refractivity contribution in [2.45, 2.75) is 45.4 Å². The molecular weight excluding hydrogens is 334 g/mol. The normalized spacial score (nSPS) is 18.1. The molecule has 0 bridgehead atoms. The molecule has 26 heavy (non-hydrogen) atoms. The highest BCUT2D eigenvalue weighted by atomic mass is 16.6. The molecule has 2 N–H and O–H groups in total. The van der Waals surface area contributed by atoms with Crippen LogP contribution in [0.5, 0.6) is 5.75 Å². The molecule has 2 unspecified atom stereocenters. The lowest BCUT2D eigenvalue weighted by Gasteiger charge is -2.33. The van der Waals surface area contributed by atoms with Crippen LogP contribution in [0, 0.1) is 0 Å². The second kappa shape index (κ2) is 10.0. The van der Waals surface area contributed by atoms with Gasteiger partial charge in [-0.2, -0.15) is 0 Å². The summed E-state index contributed by atoms with van der Waals surface area (Å²) in [5.74, 6) is 0.742. The molecule has 1 heterocycles. The minimum atomic E-state index is -0.301. The summed E-state index contributed by atoms with van der Waals surface area (Å²) in [6, 6.07) is 7.51. The second-order valence-electron chi connectivity index (χ2n) is 6.53. The summed E-state index contributed by atoms with van der Waals surface area (Å²) in [5, 5.41) is 6.20. The molecule has 1 fully saturated rings. The van der Waals surface area contributed by atoms with Crippen LogP contribution in [0.4, 0.5) is 4.79 Å². The van der Waals surface area contributed by atoms with Gasteiger partial charge < -0.3 is 25.0 Å². The number of nitrogens with one attached hydrogen (secondary N) is 2. The standard InChI is InChI=1S/C19H29N3O4/c1-4-14(2)26-19(24)22-10-9-20-16(13-22)11-18(23)21-12-15-5-7-17(25-3)8-6-15/h5-8,14,16,20H,4,9-13H2,1-3H3,(H,21,23). The van der Waals surface area contributed by atoms with Gasteiger partial charge in [-0.15, -0.1) is 0 Å². The van der Waals surface area contributed by atoms with E-state index in [1.54, 1.807) is 12.0 Å². The number of methoxy groups -OCH3 is 1. The van der Waals surface area contributed by atoms with Crippen LogP contribution < -0.4 is 15.4 Å². The summed E-state index contributed by atoms with van der Waals surface area (Å²) >= 11 is 0. The van der Waals surface area contributed by atoms with Crippen molar-refractivity contribution in [1.29, 1.82) is 0 Å². The van der Waals surface area contributed by atoms with E-state index in [1.807, 2.05) is 38.1 Å². The van der Waals surface area contributed by atoms with Crippen LogP contribution in [0.15, 0.2) is 24.3 Å². The van der Waals surface area contributed by atoms with Crippen molar-refractivity contribution in [2.75, 3.05) is 26.7 Å². The average Bonchev–Trinajstić information content (AvgIpc) is 2.66. The first kappa shape index (κ1) is 20.0. The molecule has 2 amide bonds. The number of nitrogens with zero attached hydrogens (tertiary/aromatic N) is 1. The first-order chi connectivity index (χ1) is 12.5. The molecule has 0 aromatic heterocycles.